The van der Waals surface area contributed by atoms with Crippen molar-refractivity contribution < 1.29 is 14.3 Å². The van der Waals surface area contributed by atoms with Gasteiger partial charge in [-0.05, 0) is 43.9 Å². The Hall–Kier alpha value is -1.83. The molecule has 0 spiro atoms. The Morgan fingerprint density at radius 3 is 2.77 bits per heavy atom. The number of nitrogens with zero attached hydrogens (tertiary/aromatic N) is 1. The largest absolute Gasteiger partial charge is 0.454 e. The van der Waals surface area contributed by atoms with Gasteiger partial charge >= 0.3 is 0 Å². The van der Waals surface area contributed by atoms with Gasteiger partial charge < -0.3 is 20.1 Å². The molecule has 5 rings (SSSR count). The Balaban J connectivity index is 0.00000168. The Bertz CT molecular complexity index is 816. The summed E-state index contributed by atoms with van der Waals surface area (Å²) >= 11 is 1.41. The fraction of sp³-hybridized carbons (Fsp3) is 0.444. The van der Waals surface area contributed by atoms with Crippen molar-refractivity contribution in [2.45, 2.75) is 43.8 Å². The van der Waals surface area contributed by atoms with Crippen LogP contribution in [0.3, 0.4) is 0 Å². The van der Waals surface area contributed by atoms with Crippen LogP contribution >= 0.6 is 23.7 Å². The van der Waals surface area contributed by atoms with Crippen molar-refractivity contribution >= 4 is 29.7 Å². The van der Waals surface area contributed by atoms with E-state index in [9.17, 15) is 4.79 Å². The normalized spacial score (nSPS) is 25.6. The molecule has 2 fully saturated rings. The number of ether oxygens (including phenoxy) is 2. The monoisotopic (exact) mass is 393 g/mol. The maximum atomic E-state index is 12.6. The van der Waals surface area contributed by atoms with Crippen molar-refractivity contribution in [3.05, 3.63) is 29.3 Å². The lowest BCUT2D eigenvalue weighted by Crippen LogP contribution is -2.47. The summed E-state index contributed by atoms with van der Waals surface area (Å²) in [6.07, 6.45) is 6.17. The molecule has 2 bridgehead atoms. The lowest BCUT2D eigenvalue weighted by atomic mass is 10.00. The zero-order chi connectivity index (χ0) is 16.8. The van der Waals surface area contributed by atoms with Crippen molar-refractivity contribution in [2.24, 2.45) is 0 Å². The zero-order valence-electron chi connectivity index (χ0n) is 14.1. The van der Waals surface area contributed by atoms with Gasteiger partial charge in [0.2, 0.25) is 6.79 Å². The minimum Gasteiger partial charge on any atom is -0.454 e. The molecule has 2 atom stereocenters. The van der Waals surface area contributed by atoms with Crippen LogP contribution in [0.25, 0.3) is 10.6 Å². The number of carbonyl (C=O) groups is 1. The maximum Gasteiger partial charge on any atom is 0.263 e. The van der Waals surface area contributed by atoms with E-state index < -0.39 is 0 Å². The van der Waals surface area contributed by atoms with Gasteiger partial charge in [0.1, 0.15) is 9.88 Å². The highest BCUT2D eigenvalue weighted by Gasteiger charge is 2.34. The topological polar surface area (TPSA) is 72.5 Å². The van der Waals surface area contributed by atoms with Crippen LogP contribution in [0.4, 0.5) is 0 Å². The van der Waals surface area contributed by atoms with Crippen LogP contribution < -0.4 is 20.1 Å². The average Bonchev–Trinajstić information content (AvgIpc) is 3.33. The number of rotatable bonds is 3. The van der Waals surface area contributed by atoms with E-state index in [-0.39, 0.29) is 31.1 Å². The number of nitrogens with one attached hydrogen (secondary N) is 2. The number of fused-ring (bicyclic) bond motifs is 3. The highest BCUT2D eigenvalue weighted by molar-refractivity contribution is 7.16. The third kappa shape index (κ3) is 3.26. The minimum atomic E-state index is -0.0178. The van der Waals surface area contributed by atoms with Crippen LogP contribution in [0.15, 0.2) is 24.4 Å². The van der Waals surface area contributed by atoms with Crippen LogP contribution in [-0.2, 0) is 0 Å². The number of amides is 1. The summed E-state index contributed by atoms with van der Waals surface area (Å²) < 4.78 is 10.7. The number of piperidine rings is 1. The van der Waals surface area contributed by atoms with Gasteiger partial charge in [0.05, 0.1) is 6.20 Å². The van der Waals surface area contributed by atoms with Crippen LogP contribution in [0.5, 0.6) is 11.5 Å². The SMILES string of the molecule is Cl.O=C(NC1CC2CCC(C1)N2)c1cnc(-c2ccc3c(c2)OCO3)s1. The van der Waals surface area contributed by atoms with E-state index in [1.807, 2.05) is 18.2 Å². The standard InChI is InChI=1S/C18H19N3O3S.ClH/c22-17(21-13-6-11-2-3-12(7-13)20-11)16-8-19-18(25-16)10-1-4-14-15(5-10)24-9-23-14;/h1,4-5,8,11-13,20H,2-3,6-7,9H2,(H,21,22);1H. The van der Waals surface area contributed by atoms with E-state index in [0.29, 0.717) is 17.0 Å². The Kier molecular flexibility index (Phi) is 4.77. The molecule has 3 aliphatic heterocycles. The summed E-state index contributed by atoms with van der Waals surface area (Å²) in [5.74, 6) is 1.46. The smallest absolute Gasteiger partial charge is 0.263 e. The molecule has 1 aromatic carbocycles. The van der Waals surface area contributed by atoms with E-state index in [0.717, 1.165) is 34.9 Å². The van der Waals surface area contributed by atoms with Crippen LogP contribution in [-0.4, -0.2) is 35.8 Å². The van der Waals surface area contributed by atoms with E-state index in [2.05, 4.69) is 15.6 Å². The van der Waals surface area contributed by atoms with Crippen molar-refractivity contribution in [1.82, 2.24) is 15.6 Å². The van der Waals surface area contributed by atoms with E-state index in [1.54, 1.807) is 6.20 Å². The molecule has 3 aliphatic rings. The van der Waals surface area contributed by atoms with E-state index >= 15 is 0 Å². The van der Waals surface area contributed by atoms with Crippen molar-refractivity contribution in [1.29, 1.82) is 0 Å². The predicted octanol–water partition coefficient (Wildman–Crippen LogP) is 2.97. The lowest BCUT2D eigenvalue weighted by molar-refractivity contribution is 0.0928. The molecule has 4 heterocycles. The average molecular weight is 394 g/mol. The van der Waals surface area contributed by atoms with Gasteiger partial charge in [-0.1, -0.05) is 0 Å². The van der Waals surface area contributed by atoms with Crippen molar-refractivity contribution in [2.75, 3.05) is 6.79 Å². The van der Waals surface area contributed by atoms with Crippen LogP contribution in [0.2, 0.25) is 0 Å². The molecule has 138 valence electrons. The van der Waals surface area contributed by atoms with Gasteiger partial charge in [-0.2, -0.15) is 0 Å². The van der Waals surface area contributed by atoms with E-state index in [4.69, 9.17) is 9.47 Å². The number of hydrogen-bond acceptors (Lipinski definition) is 6. The highest BCUT2D eigenvalue weighted by atomic mass is 35.5. The molecule has 0 aliphatic carbocycles. The first kappa shape index (κ1) is 17.6. The molecule has 2 saturated heterocycles. The Labute approximate surface area is 161 Å². The molecular formula is C18H20ClN3O3S. The van der Waals surface area contributed by atoms with Crippen molar-refractivity contribution in [3.63, 3.8) is 0 Å². The first-order valence-corrected chi connectivity index (χ1v) is 9.49. The zero-order valence-corrected chi connectivity index (χ0v) is 15.7. The summed E-state index contributed by atoms with van der Waals surface area (Å²) in [6, 6.07) is 7.13. The minimum absolute atomic E-state index is 0. The first-order valence-electron chi connectivity index (χ1n) is 8.67. The van der Waals surface area contributed by atoms with Gasteiger partial charge in [0.15, 0.2) is 11.5 Å². The van der Waals surface area contributed by atoms with Crippen LogP contribution in [0.1, 0.15) is 35.4 Å². The Morgan fingerprint density at radius 2 is 1.96 bits per heavy atom. The predicted molar refractivity (Wildman–Crippen MR) is 101 cm³/mol. The van der Waals surface area contributed by atoms with Crippen molar-refractivity contribution in [3.8, 4) is 22.1 Å². The second kappa shape index (κ2) is 7.06. The van der Waals surface area contributed by atoms with Gasteiger partial charge in [-0.25, -0.2) is 4.98 Å². The molecule has 8 heteroatoms. The molecule has 1 aromatic heterocycles. The quantitative estimate of drug-likeness (QED) is 0.838. The molecule has 0 saturated carbocycles. The molecular weight excluding hydrogens is 374 g/mol. The summed E-state index contributed by atoms with van der Waals surface area (Å²) in [6.45, 7) is 0.253. The summed E-state index contributed by atoms with van der Waals surface area (Å²) in [5.41, 5.74) is 0.938. The second-order valence-electron chi connectivity index (χ2n) is 6.88. The Morgan fingerprint density at radius 1 is 1.19 bits per heavy atom. The molecule has 2 aromatic rings. The molecule has 26 heavy (non-hydrogen) atoms. The summed E-state index contributed by atoms with van der Waals surface area (Å²) in [4.78, 5) is 17.6. The second-order valence-corrected chi connectivity index (χ2v) is 7.91. The number of aromatic nitrogens is 1. The lowest BCUT2D eigenvalue weighted by Gasteiger charge is -2.29. The number of carbonyl (C=O) groups excluding carboxylic acids is 1. The number of halogens is 1. The number of hydrogen-bond donors (Lipinski definition) is 2. The van der Waals surface area contributed by atoms with Gasteiger partial charge in [-0.3, -0.25) is 4.79 Å². The van der Waals surface area contributed by atoms with Gasteiger partial charge in [-0.15, -0.1) is 23.7 Å². The number of benzene rings is 1. The molecule has 0 radical (unpaired) electrons. The highest BCUT2D eigenvalue weighted by Crippen LogP contribution is 2.37. The fourth-order valence-corrected chi connectivity index (χ4v) is 4.79. The molecule has 2 N–H and O–H groups in total. The summed E-state index contributed by atoms with van der Waals surface area (Å²) in [5, 5.41) is 7.60. The molecule has 6 nitrogen and oxygen atoms in total. The fourth-order valence-electron chi connectivity index (χ4n) is 3.97. The third-order valence-electron chi connectivity index (χ3n) is 5.16. The molecule has 1 amide bonds. The van der Waals surface area contributed by atoms with Gasteiger partial charge in [0.25, 0.3) is 5.91 Å². The van der Waals surface area contributed by atoms with Gasteiger partial charge in [0, 0.05) is 23.7 Å². The number of thiazole rings is 1. The molecule has 2 unspecified atom stereocenters. The van der Waals surface area contributed by atoms with Crippen LogP contribution in [0, 0.1) is 0 Å². The van der Waals surface area contributed by atoms with E-state index in [1.165, 1.54) is 24.2 Å². The first-order chi connectivity index (χ1) is 12.2. The maximum absolute atomic E-state index is 12.6. The third-order valence-corrected chi connectivity index (χ3v) is 6.20. The summed E-state index contributed by atoms with van der Waals surface area (Å²) in [7, 11) is 0.